The average Bonchev–Trinajstić information content (AvgIpc) is 2.30. The van der Waals surface area contributed by atoms with Crippen LogP contribution >= 0.6 is 0 Å². The van der Waals surface area contributed by atoms with Gasteiger partial charge in [-0.1, -0.05) is 18.2 Å². The van der Waals surface area contributed by atoms with E-state index in [-0.39, 0.29) is 6.61 Å². The van der Waals surface area contributed by atoms with Gasteiger partial charge in [0.05, 0.1) is 13.2 Å². The fourth-order valence-electron chi connectivity index (χ4n) is 1.28. The van der Waals surface area contributed by atoms with E-state index in [4.69, 9.17) is 9.84 Å². The van der Waals surface area contributed by atoms with E-state index in [9.17, 15) is 4.21 Å². The largest absolute Gasteiger partial charge is 0.494 e. The number of unbranched alkanes of at least 4 members (excludes halogenated alkanes) is 1. The lowest BCUT2D eigenvalue weighted by molar-refractivity contribution is 0.309. The van der Waals surface area contributed by atoms with Crippen LogP contribution in [0.15, 0.2) is 30.3 Å². The van der Waals surface area contributed by atoms with Crippen LogP contribution in [-0.4, -0.2) is 34.0 Å². The molecule has 1 unspecified atom stereocenters. The van der Waals surface area contributed by atoms with Crippen molar-refractivity contribution in [2.24, 2.45) is 0 Å². The highest BCUT2D eigenvalue weighted by Gasteiger charge is 1.98. The molecule has 1 aromatic carbocycles. The number of aliphatic hydroxyl groups excluding tert-OH is 1. The van der Waals surface area contributed by atoms with Gasteiger partial charge in [-0.15, -0.1) is 0 Å². The second-order valence-corrected chi connectivity index (χ2v) is 5.14. The Balaban J connectivity index is 2.02. The van der Waals surface area contributed by atoms with Crippen molar-refractivity contribution in [3.05, 3.63) is 30.3 Å². The van der Waals surface area contributed by atoms with Gasteiger partial charge in [-0.05, 0) is 25.0 Å². The summed E-state index contributed by atoms with van der Waals surface area (Å²) in [5, 5.41) is 8.57. The lowest BCUT2D eigenvalue weighted by atomic mass is 10.3. The zero-order chi connectivity index (χ0) is 11.6. The Morgan fingerprint density at radius 2 is 1.88 bits per heavy atom. The summed E-state index contributed by atoms with van der Waals surface area (Å²) in [6.07, 6.45) is 1.77. The quantitative estimate of drug-likeness (QED) is 0.704. The van der Waals surface area contributed by atoms with E-state index >= 15 is 0 Å². The van der Waals surface area contributed by atoms with E-state index in [2.05, 4.69) is 0 Å². The topological polar surface area (TPSA) is 46.5 Å². The zero-order valence-corrected chi connectivity index (χ0v) is 10.1. The number of hydrogen-bond donors (Lipinski definition) is 1. The molecule has 90 valence electrons. The standard InChI is InChI=1S/C12H18O3S/c13-8-11-16(14)10-5-4-9-15-12-6-2-1-3-7-12/h1-3,6-7,13H,4-5,8-11H2. The van der Waals surface area contributed by atoms with Crippen molar-refractivity contribution >= 4 is 10.8 Å². The Labute approximate surface area is 98.9 Å². The van der Waals surface area contributed by atoms with Gasteiger partial charge < -0.3 is 9.84 Å². The Morgan fingerprint density at radius 3 is 2.56 bits per heavy atom. The summed E-state index contributed by atoms with van der Waals surface area (Å²) in [5.41, 5.74) is 0. The van der Waals surface area contributed by atoms with Gasteiger partial charge >= 0.3 is 0 Å². The second kappa shape index (κ2) is 8.30. The maximum atomic E-state index is 11.2. The van der Waals surface area contributed by atoms with Crippen LogP contribution < -0.4 is 4.74 Å². The molecule has 0 aliphatic rings. The van der Waals surface area contributed by atoms with Crippen molar-refractivity contribution in [3.8, 4) is 5.75 Å². The summed E-state index contributed by atoms with van der Waals surface area (Å²) >= 11 is 0. The van der Waals surface area contributed by atoms with Crippen LogP contribution in [0.2, 0.25) is 0 Å². The van der Waals surface area contributed by atoms with Gasteiger partial charge in [-0.3, -0.25) is 4.21 Å². The van der Waals surface area contributed by atoms with Crippen LogP contribution in [0, 0.1) is 0 Å². The number of para-hydroxylation sites is 1. The number of benzene rings is 1. The van der Waals surface area contributed by atoms with Crippen molar-refractivity contribution in [3.63, 3.8) is 0 Å². The molecule has 0 bridgehead atoms. The van der Waals surface area contributed by atoms with Crippen LogP contribution in [0.3, 0.4) is 0 Å². The van der Waals surface area contributed by atoms with Gasteiger partial charge in [0.2, 0.25) is 0 Å². The maximum absolute atomic E-state index is 11.2. The number of ether oxygens (including phenoxy) is 1. The minimum atomic E-state index is -0.874. The molecular formula is C12H18O3S. The van der Waals surface area contributed by atoms with Gasteiger partial charge in [-0.25, -0.2) is 0 Å². The summed E-state index contributed by atoms with van der Waals surface area (Å²) in [7, 11) is -0.874. The number of hydrogen-bond acceptors (Lipinski definition) is 3. The molecule has 16 heavy (non-hydrogen) atoms. The molecule has 0 heterocycles. The van der Waals surface area contributed by atoms with Crippen molar-refractivity contribution in [1.82, 2.24) is 0 Å². The molecule has 0 radical (unpaired) electrons. The van der Waals surface area contributed by atoms with Gasteiger partial charge in [0.25, 0.3) is 0 Å². The summed E-state index contributed by atoms with van der Waals surface area (Å²) in [6, 6.07) is 9.66. The second-order valence-electron chi connectivity index (χ2n) is 3.44. The Bertz CT molecular complexity index is 300. The molecule has 1 N–H and O–H groups in total. The lowest BCUT2D eigenvalue weighted by Crippen LogP contribution is -2.07. The van der Waals surface area contributed by atoms with Crippen molar-refractivity contribution in [2.75, 3.05) is 24.7 Å². The molecule has 0 aliphatic heterocycles. The molecule has 3 nitrogen and oxygen atoms in total. The first-order valence-electron chi connectivity index (χ1n) is 5.46. The van der Waals surface area contributed by atoms with Gasteiger partial charge in [0.1, 0.15) is 5.75 Å². The normalized spacial score (nSPS) is 12.3. The first kappa shape index (κ1) is 13.2. The van der Waals surface area contributed by atoms with Gasteiger partial charge in [0.15, 0.2) is 0 Å². The highest BCUT2D eigenvalue weighted by Crippen LogP contribution is 2.08. The third-order valence-corrected chi connectivity index (χ3v) is 3.48. The summed E-state index contributed by atoms with van der Waals surface area (Å²) in [5.74, 6) is 1.91. The monoisotopic (exact) mass is 242 g/mol. The van der Waals surface area contributed by atoms with E-state index in [1.54, 1.807) is 0 Å². The molecule has 1 rings (SSSR count). The third-order valence-electron chi connectivity index (χ3n) is 2.10. The van der Waals surface area contributed by atoms with E-state index in [0.29, 0.717) is 18.1 Å². The van der Waals surface area contributed by atoms with E-state index in [0.717, 1.165) is 18.6 Å². The molecule has 0 spiro atoms. The van der Waals surface area contributed by atoms with Crippen LogP contribution in [0.25, 0.3) is 0 Å². The van der Waals surface area contributed by atoms with E-state index in [1.165, 1.54) is 0 Å². The predicted molar refractivity (Wildman–Crippen MR) is 66.1 cm³/mol. The minimum Gasteiger partial charge on any atom is -0.494 e. The summed E-state index contributed by atoms with van der Waals surface area (Å²) in [6.45, 7) is 0.660. The van der Waals surface area contributed by atoms with Crippen LogP contribution in [0.1, 0.15) is 12.8 Å². The van der Waals surface area contributed by atoms with Crippen LogP contribution in [-0.2, 0) is 10.8 Å². The van der Waals surface area contributed by atoms with Crippen molar-refractivity contribution < 1.29 is 14.1 Å². The first-order chi connectivity index (χ1) is 7.83. The Morgan fingerprint density at radius 1 is 1.12 bits per heavy atom. The molecule has 1 atom stereocenters. The van der Waals surface area contributed by atoms with Gasteiger partial charge in [-0.2, -0.15) is 0 Å². The van der Waals surface area contributed by atoms with E-state index in [1.807, 2.05) is 30.3 Å². The Hall–Kier alpha value is -0.870. The fourth-order valence-corrected chi connectivity index (χ4v) is 2.21. The lowest BCUT2D eigenvalue weighted by Gasteiger charge is -2.05. The summed E-state index contributed by atoms with van der Waals surface area (Å²) < 4.78 is 16.7. The molecule has 0 saturated heterocycles. The molecule has 0 aliphatic carbocycles. The van der Waals surface area contributed by atoms with Crippen molar-refractivity contribution in [2.45, 2.75) is 12.8 Å². The van der Waals surface area contributed by atoms with E-state index < -0.39 is 10.8 Å². The SMILES string of the molecule is O=S(CCO)CCCCOc1ccccc1. The van der Waals surface area contributed by atoms with Crippen LogP contribution in [0.4, 0.5) is 0 Å². The Kier molecular flexibility index (Phi) is 6.85. The fraction of sp³-hybridized carbons (Fsp3) is 0.500. The number of aliphatic hydroxyl groups is 1. The molecule has 4 heteroatoms. The predicted octanol–water partition coefficient (Wildman–Crippen LogP) is 1.59. The number of rotatable bonds is 8. The van der Waals surface area contributed by atoms with Crippen LogP contribution in [0.5, 0.6) is 5.75 Å². The zero-order valence-electron chi connectivity index (χ0n) is 9.30. The first-order valence-corrected chi connectivity index (χ1v) is 6.95. The highest BCUT2D eigenvalue weighted by atomic mass is 32.2. The molecule has 0 amide bonds. The smallest absolute Gasteiger partial charge is 0.119 e. The highest BCUT2D eigenvalue weighted by molar-refractivity contribution is 7.84. The third kappa shape index (κ3) is 5.88. The molecule has 1 aromatic rings. The minimum absolute atomic E-state index is 0.00707. The van der Waals surface area contributed by atoms with Gasteiger partial charge in [0, 0.05) is 22.3 Å². The molecule has 0 aromatic heterocycles. The maximum Gasteiger partial charge on any atom is 0.119 e. The summed E-state index contributed by atoms with van der Waals surface area (Å²) in [4.78, 5) is 0. The molecular weight excluding hydrogens is 224 g/mol. The molecule has 0 fully saturated rings. The van der Waals surface area contributed by atoms with Crippen molar-refractivity contribution in [1.29, 1.82) is 0 Å². The average molecular weight is 242 g/mol. The molecule has 0 saturated carbocycles.